The first-order chi connectivity index (χ1) is 13.1. The first kappa shape index (κ1) is 18.4. The summed E-state index contributed by atoms with van der Waals surface area (Å²) in [6, 6.07) is 24.4. The van der Waals surface area contributed by atoms with Gasteiger partial charge in [0.25, 0.3) is 0 Å². The molecule has 0 spiro atoms. The summed E-state index contributed by atoms with van der Waals surface area (Å²) in [5.41, 5.74) is 9.24. The van der Waals surface area contributed by atoms with Crippen LogP contribution in [-0.4, -0.2) is 11.9 Å². The molecule has 0 atom stereocenters. The van der Waals surface area contributed by atoms with Crippen LogP contribution < -0.4 is 5.73 Å². The van der Waals surface area contributed by atoms with Crippen molar-refractivity contribution >= 4 is 11.9 Å². The van der Waals surface area contributed by atoms with E-state index in [9.17, 15) is 9.59 Å². The summed E-state index contributed by atoms with van der Waals surface area (Å²) in [4.78, 5) is 23.6. The van der Waals surface area contributed by atoms with Gasteiger partial charge in [-0.3, -0.25) is 4.79 Å². The Kier molecular flexibility index (Phi) is 6.00. The molecule has 0 unspecified atom stereocenters. The molecule has 0 fully saturated rings. The Bertz CT molecular complexity index is 918. The number of hydrogen-bond donors (Lipinski definition) is 1. The van der Waals surface area contributed by atoms with Crippen molar-refractivity contribution in [1.29, 1.82) is 0 Å². The molecule has 0 saturated carbocycles. The van der Waals surface area contributed by atoms with Gasteiger partial charge in [-0.2, -0.15) is 0 Å². The van der Waals surface area contributed by atoms with Gasteiger partial charge >= 0.3 is 5.97 Å². The van der Waals surface area contributed by atoms with Crippen molar-refractivity contribution in [2.75, 3.05) is 0 Å². The van der Waals surface area contributed by atoms with Gasteiger partial charge in [0.2, 0.25) is 5.91 Å². The minimum atomic E-state index is -0.481. The molecular formula is C23H21NO3. The molecule has 2 N–H and O–H groups in total. The van der Waals surface area contributed by atoms with Gasteiger partial charge in [-0.25, -0.2) is 4.79 Å². The third-order valence-electron chi connectivity index (χ3n) is 4.37. The number of ether oxygens (including phenoxy) is 1. The van der Waals surface area contributed by atoms with Crippen molar-refractivity contribution in [3.05, 3.63) is 107 Å². The Morgan fingerprint density at radius 3 is 2.11 bits per heavy atom. The molecule has 4 heteroatoms. The maximum Gasteiger partial charge on any atom is 0.338 e. The van der Waals surface area contributed by atoms with Crippen LogP contribution >= 0.6 is 0 Å². The van der Waals surface area contributed by atoms with Crippen LogP contribution in [0.2, 0.25) is 0 Å². The quantitative estimate of drug-likeness (QED) is 0.650. The molecule has 3 rings (SSSR count). The summed E-state index contributed by atoms with van der Waals surface area (Å²) in [6.45, 7) is 0.144. The molecule has 1 amide bonds. The van der Waals surface area contributed by atoms with Crippen molar-refractivity contribution in [2.24, 2.45) is 5.73 Å². The highest BCUT2D eigenvalue weighted by molar-refractivity contribution is 5.93. The normalized spacial score (nSPS) is 10.4. The maximum atomic E-state index is 12.5. The summed E-state index contributed by atoms with van der Waals surface area (Å²) in [6.07, 6.45) is 1.63. The number of carbonyl (C=O) groups excluding carboxylic acids is 2. The fraction of sp³-hybridized carbons (Fsp3) is 0.130. The number of nitrogens with two attached hydrogens (primary N) is 1. The summed E-state index contributed by atoms with van der Waals surface area (Å²) >= 11 is 0. The van der Waals surface area contributed by atoms with Crippen molar-refractivity contribution in [3.8, 4) is 0 Å². The zero-order valence-electron chi connectivity index (χ0n) is 14.9. The number of hydrogen-bond acceptors (Lipinski definition) is 3. The zero-order valence-corrected chi connectivity index (χ0v) is 14.9. The lowest BCUT2D eigenvalue weighted by molar-refractivity contribution is 0.0471. The molecule has 0 saturated heterocycles. The first-order valence-electron chi connectivity index (χ1n) is 8.81. The Labute approximate surface area is 158 Å². The smallest absolute Gasteiger partial charge is 0.338 e. The van der Waals surface area contributed by atoms with E-state index in [2.05, 4.69) is 12.1 Å². The second-order valence-corrected chi connectivity index (χ2v) is 6.28. The number of aryl methyl sites for hydroxylation is 2. The molecular weight excluding hydrogens is 338 g/mol. The Morgan fingerprint density at radius 1 is 0.741 bits per heavy atom. The second kappa shape index (κ2) is 8.81. The lowest BCUT2D eigenvalue weighted by Gasteiger charge is -2.10. The molecule has 0 radical (unpaired) electrons. The predicted molar refractivity (Wildman–Crippen MR) is 104 cm³/mol. The minimum absolute atomic E-state index is 0.144. The molecule has 0 aliphatic carbocycles. The van der Waals surface area contributed by atoms with E-state index in [1.807, 2.05) is 36.4 Å². The number of benzene rings is 3. The molecule has 3 aromatic rings. The van der Waals surface area contributed by atoms with E-state index in [1.165, 1.54) is 5.56 Å². The van der Waals surface area contributed by atoms with Crippen LogP contribution in [-0.2, 0) is 24.2 Å². The van der Waals surface area contributed by atoms with Gasteiger partial charge in [0.15, 0.2) is 0 Å². The molecule has 0 aromatic heterocycles. The number of esters is 1. The molecule has 136 valence electrons. The van der Waals surface area contributed by atoms with Crippen LogP contribution in [0.1, 0.15) is 37.4 Å². The van der Waals surface area contributed by atoms with Crippen LogP contribution in [0, 0.1) is 0 Å². The first-order valence-corrected chi connectivity index (χ1v) is 8.81. The SMILES string of the molecule is NC(=O)c1ccc(COC(=O)c2ccccc2CCc2ccccc2)cc1. The van der Waals surface area contributed by atoms with Gasteiger partial charge in [0.05, 0.1) is 5.56 Å². The monoisotopic (exact) mass is 359 g/mol. The fourth-order valence-electron chi connectivity index (χ4n) is 2.85. The predicted octanol–water partition coefficient (Wildman–Crippen LogP) is 3.93. The van der Waals surface area contributed by atoms with Crippen LogP contribution in [0.3, 0.4) is 0 Å². The van der Waals surface area contributed by atoms with Gasteiger partial charge in [-0.1, -0.05) is 60.7 Å². The standard InChI is InChI=1S/C23H21NO3/c24-22(25)20-14-11-18(12-15-20)16-27-23(26)21-9-5-4-8-19(21)13-10-17-6-2-1-3-7-17/h1-9,11-12,14-15H,10,13,16H2,(H2,24,25). The Balaban J connectivity index is 1.63. The minimum Gasteiger partial charge on any atom is -0.457 e. The highest BCUT2D eigenvalue weighted by Crippen LogP contribution is 2.15. The number of amides is 1. The summed E-state index contributed by atoms with van der Waals surface area (Å²) in [5, 5.41) is 0. The van der Waals surface area contributed by atoms with Crippen molar-refractivity contribution in [3.63, 3.8) is 0 Å². The van der Waals surface area contributed by atoms with E-state index in [0.717, 1.165) is 24.0 Å². The van der Waals surface area contributed by atoms with Crippen LogP contribution in [0.15, 0.2) is 78.9 Å². The number of primary amides is 1. The van der Waals surface area contributed by atoms with Gasteiger partial charge in [0.1, 0.15) is 6.61 Å². The van der Waals surface area contributed by atoms with E-state index < -0.39 is 5.91 Å². The van der Waals surface area contributed by atoms with E-state index in [-0.39, 0.29) is 12.6 Å². The highest BCUT2D eigenvalue weighted by atomic mass is 16.5. The third-order valence-corrected chi connectivity index (χ3v) is 4.37. The van der Waals surface area contributed by atoms with Gasteiger partial charge in [-0.15, -0.1) is 0 Å². The molecule has 0 aliphatic rings. The Morgan fingerprint density at radius 2 is 1.41 bits per heavy atom. The van der Waals surface area contributed by atoms with E-state index in [4.69, 9.17) is 10.5 Å². The highest BCUT2D eigenvalue weighted by Gasteiger charge is 2.12. The topological polar surface area (TPSA) is 69.4 Å². The zero-order chi connectivity index (χ0) is 19.1. The molecule has 0 heterocycles. The van der Waals surface area contributed by atoms with Crippen molar-refractivity contribution < 1.29 is 14.3 Å². The molecule has 0 bridgehead atoms. The van der Waals surface area contributed by atoms with E-state index >= 15 is 0 Å². The summed E-state index contributed by atoms with van der Waals surface area (Å²) in [7, 11) is 0. The average molecular weight is 359 g/mol. The van der Waals surface area contributed by atoms with Gasteiger partial charge in [0, 0.05) is 5.56 Å². The lowest BCUT2D eigenvalue weighted by Crippen LogP contribution is -2.11. The second-order valence-electron chi connectivity index (χ2n) is 6.28. The number of carbonyl (C=O) groups is 2. The van der Waals surface area contributed by atoms with Gasteiger partial charge in [-0.05, 0) is 47.7 Å². The summed E-state index contributed by atoms with van der Waals surface area (Å²) in [5.74, 6) is -0.830. The van der Waals surface area contributed by atoms with Crippen molar-refractivity contribution in [1.82, 2.24) is 0 Å². The third kappa shape index (κ3) is 5.05. The summed E-state index contributed by atoms with van der Waals surface area (Å²) < 4.78 is 5.45. The fourth-order valence-corrected chi connectivity index (χ4v) is 2.85. The maximum absolute atomic E-state index is 12.5. The van der Waals surface area contributed by atoms with Crippen molar-refractivity contribution in [2.45, 2.75) is 19.4 Å². The molecule has 4 nitrogen and oxygen atoms in total. The Hall–Kier alpha value is -3.40. The number of rotatable bonds is 7. The van der Waals surface area contributed by atoms with Crippen LogP contribution in [0.4, 0.5) is 0 Å². The largest absolute Gasteiger partial charge is 0.457 e. The lowest BCUT2D eigenvalue weighted by atomic mass is 10.00. The average Bonchev–Trinajstić information content (AvgIpc) is 2.71. The molecule has 0 aliphatic heterocycles. The van der Waals surface area contributed by atoms with E-state index in [0.29, 0.717) is 11.1 Å². The molecule has 27 heavy (non-hydrogen) atoms. The van der Waals surface area contributed by atoms with Crippen LogP contribution in [0.25, 0.3) is 0 Å². The van der Waals surface area contributed by atoms with Crippen LogP contribution in [0.5, 0.6) is 0 Å². The van der Waals surface area contributed by atoms with Gasteiger partial charge < -0.3 is 10.5 Å². The molecule has 3 aromatic carbocycles. The van der Waals surface area contributed by atoms with E-state index in [1.54, 1.807) is 30.3 Å².